The number of hydrogen-bond acceptors (Lipinski definition) is 3. The molecule has 1 unspecified atom stereocenters. The van der Waals surface area contributed by atoms with Crippen molar-refractivity contribution in [2.24, 2.45) is 4.47 Å². The Balaban J connectivity index is 3.29. The molecule has 0 saturated heterocycles. The van der Waals surface area contributed by atoms with Crippen LogP contribution in [-0.2, 0) is 9.73 Å². The summed E-state index contributed by atoms with van der Waals surface area (Å²) in [5.74, 6) is 0.609. The third-order valence-electron chi connectivity index (χ3n) is 1.68. The third-order valence-corrected chi connectivity index (χ3v) is 3.20. The molecule has 1 atom stereocenters. The van der Waals surface area contributed by atoms with Gasteiger partial charge in [0, 0.05) is 6.26 Å². The number of methoxy groups -OCH3 is 1. The SMILES string of the molecule is [C-]#[N+]N=S(C)(=O)c1cccc(OC)c1. The molecule has 1 aromatic carbocycles. The molecule has 0 heterocycles. The van der Waals surface area contributed by atoms with Crippen molar-refractivity contribution < 1.29 is 8.95 Å². The average Bonchev–Trinajstić information content (AvgIpc) is 2.18. The first-order valence-corrected chi connectivity index (χ1v) is 5.74. The fraction of sp³-hybridized carbons (Fsp3) is 0.222. The van der Waals surface area contributed by atoms with Crippen LogP contribution < -0.4 is 4.74 Å². The highest BCUT2D eigenvalue weighted by Crippen LogP contribution is 2.18. The molecule has 0 aliphatic carbocycles. The summed E-state index contributed by atoms with van der Waals surface area (Å²) in [5, 5.41) is 0. The van der Waals surface area contributed by atoms with Crippen molar-refractivity contribution in [3.05, 3.63) is 35.8 Å². The molecule has 0 fully saturated rings. The van der Waals surface area contributed by atoms with E-state index >= 15 is 0 Å². The molecule has 0 aromatic heterocycles. The smallest absolute Gasteiger partial charge is 0.150 e. The lowest BCUT2D eigenvalue weighted by molar-refractivity contribution is 0.413. The second kappa shape index (κ2) is 4.11. The standard InChI is InChI=1S/C9H10N2O2S/c1-10-11-14(3,12)9-6-4-5-8(7-9)13-2/h4-7H,2-3H3. The Hall–Kier alpha value is -1.54. The van der Waals surface area contributed by atoms with Crippen molar-refractivity contribution in [2.75, 3.05) is 13.4 Å². The van der Waals surface area contributed by atoms with E-state index in [1.807, 2.05) is 0 Å². The first-order valence-electron chi connectivity index (χ1n) is 3.82. The maximum atomic E-state index is 11.8. The molecule has 14 heavy (non-hydrogen) atoms. The first-order chi connectivity index (χ1) is 6.60. The second-order valence-corrected chi connectivity index (χ2v) is 4.90. The molecule has 74 valence electrons. The summed E-state index contributed by atoms with van der Waals surface area (Å²) in [6, 6.07) is 6.75. The van der Waals surface area contributed by atoms with E-state index in [2.05, 4.69) is 9.43 Å². The summed E-state index contributed by atoms with van der Waals surface area (Å²) in [5.41, 5.74) is 0. The summed E-state index contributed by atoms with van der Waals surface area (Å²) in [7, 11) is -1.07. The molecular formula is C9H10N2O2S. The summed E-state index contributed by atoms with van der Waals surface area (Å²) in [4.78, 5) is 3.31. The quantitative estimate of drug-likeness (QED) is 0.553. The van der Waals surface area contributed by atoms with Crippen molar-refractivity contribution in [1.82, 2.24) is 0 Å². The Morgan fingerprint density at radius 3 is 2.86 bits per heavy atom. The Bertz CT molecular complexity index is 482. The van der Waals surface area contributed by atoms with E-state index in [0.29, 0.717) is 10.6 Å². The van der Waals surface area contributed by atoms with Crippen LogP contribution in [0.25, 0.3) is 4.95 Å². The summed E-state index contributed by atoms with van der Waals surface area (Å²) in [6.45, 7) is 6.55. The first kappa shape index (κ1) is 10.5. The molecule has 0 aliphatic heterocycles. The maximum Gasteiger partial charge on any atom is 0.150 e. The molecule has 0 spiro atoms. The lowest BCUT2D eigenvalue weighted by Gasteiger charge is -2.02. The van der Waals surface area contributed by atoms with Crippen LogP contribution in [0.15, 0.2) is 33.6 Å². The molecule has 0 radical (unpaired) electrons. The minimum atomic E-state index is -2.60. The van der Waals surface area contributed by atoms with Crippen molar-refractivity contribution in [3.8, 4) is 5.75 Å². The second-order valence-electron chi connectivity index (χ2n) is 2.66. The fourth-order valence-corrected chi connectivity index (χ4v) is 1.88. The molecule has 1 rings (SSSR count). The van der Waals surface area contributed by atoms with Gasteiger partial charge in [-0.25, -0.2) is 4.21 Å². The Kier molecular flexibility index (Phi) is 3.10. The van der Waals surface area contributed by atoms with Crippen LogP contribution in [0.1, 0.15) is 0 Å². The van der Waals surface area contributed by atoms with Gasteiger partial charge >= 0.3 is 0 Å². The lowest BCUT2D eigenvalue weighted by Crippen LogP contribution is -1.96. The summed E-state index contributed by atoms with van der Waals surface area (Å²) >= 11 is 0. The van der Waals surface area contributed by atoms with Crippen molar-refractivity contribution in [1.29, 1.82) is 0 Å². The van der Waals surface area contributed by atoms with E-state index in [1.54, 1.807) is 24.3 Å². The van der Waals surface area contributed by atoms with Gasteiger partial charge in [-0.05, 0) is 18.2 Å². The van der Waals surface area contributed by atoms with Crippen LogP contribution in [0.2, 0.25) is 0 Å². The van der Waals surface area contributed by atoms with Gasteiger partial charge in [0.15, 0.2) is 0 Å². The third kappa shape index (κ3) is 2.24. The van der Waals surface area contributed by atoms with Gasteiger partial charge in [0.1, 0.15) is 20.0 Å². The van der Waals surface area contributed by atoms with Crippen LogP contribution >= 0.6 is 0 Å². The predicted molar refractivity (Wildman–Crippen MR) is 54.4 cm³/mol. The van der Waals surface area contributed by atoms with Crippen LogP contribution in [0, 0.1) is 6.57 Å². The van der Waals surface area contributed by atoms with Gasteiger partial charge in [-0.2, -0.15) is 6.57 Å². The Morgan fingerprint density at radius 2 is 2.29 bits per heavy atom. The molecule has 1 aromatic rings. The molecule has 0 aliphatic rings. The maximum absolute atomic E-state index is 11.8. The molecule has 0 bridgehead atoms. The van der Waals surface area contributed by atoms with Gasteiger partial charge in [0.2, 0.25) is 0 Å². The van der Waals surface area contributed by atoms with E-state index in [0.717, 1.165) is 0 Å². The van der Waals surface area contributed by atoms with Gasteiger partial charge in [0.25, 0.3) is 0 Å². The van der Waals surface area contributed by atoms with E-state index in [4.69, 9.17) is 11.3 Å². The number of hydrogen-bond donors (Lipinski definition) is 0. The summed E-state index contributed by atoms with van der Waals surface area (Å²) < 4.78 is 20.2. The molecule has 5 heteroatoms. The molecule has 4 nitrogen and oxygen atoms in total. The van der Waals surface area contributed by atoms with Gasteiger partial charge in [-0.1, -0.05) is 6.07 Å². The highest BCUT2D eigenvalue weighted by Gasteiger charge is 2.09. The fourth-order valence-electron chi connectivity index (χ4n) is 0.962. The van der Waals surface area contributed by atoms with Crippen LogP contribution in [0.4, 0.5) is 0 Å². The average molecular weight is 210 g/mol. The monoisotopic (exact) mass is 210 g/mol. The predicted octanol–water partition coefficient (Wildman–Crippen LogP) is 1.99. The van der Waals surface area contributed by atoms with Crippen molar-refractivity contribution >= 4 is 9.73 Å². The van der Waals surface area contributed by atoms with Crippen LogP contribution in [0.3, 0.4) is 0 Å². The van der Waals surface area contributed by atoms with E-state index in [1.165, 1.54) is 13.4 Å². The van der Waals surface area contributed by atoms with Crippen LogP contribution in [0.5, 0.6) is 5.75 Å². The van der Waals surface area contributed by atoms with Gasteiger partial charge < -0.3 is 4.74 Å². The van der Waals surface area contributed by atoms with E-state index < -0.39 is 9.73 Å². The zero-order valence-corrected chi connectivity index (χ0v) is 8.75. The number of rotatable bonds is 2. The molecule has 0 amide bonds. The minimum Gasteiger partial charge on any atom is -0.497 e. The summed E-state index contributed by atoms with van der Waals surface area (Å²) in [6.07, 6.45) is 1.43. The Labute approximate surface area is 83.5 Å². The number of ether oxygens (including phenoxy) is 1. The molecule has 0 saturated carbocycles. The lowest BCUT2D eigenvalue weighted by atomic mass is 10.3. The zero-order chi connectivity index (χ0) is 10.6. The number of nitrogens with zero attached hydrogens (tertiary/aromatic N) is 2. The largest absolute Gasteiger partial charge is 0.497 e. The van der Waals surface area contributed by atoms with Crippen LogP contribution in [-0.4, -0.2) is 17.6 Å². The van der Waals surface area contributed by atoms with Crippen molar-refractivity contribution in [3.63, 3.8) is 0 Å². The molecular weight excluding hydrogens is 200 g/mol. The normalized spacial score (nSPS) is 13.8. The van der Waals surface area contributed by atoms with Gasteiger partial charge in [-0.15, -0.1) is 4.95 Å². The zero-order valence-electron chi connectivity index (χ0n) is 7.93. The van der Waals surface area contributed by atoms with E-state index in [9.17, 15) is 4.21 Å². The minimum absolute atomic E-state index is 0.507. The molecule has 0 N–H and O–H groups in total. The van der Waals surface area contributed by atoms with Gasteiger partial charge in [-0.3, -0.25) is 0 Å². The van der Waals surface area contributed by atoms with Gasteiger partial charge in [0.05, 0.1) is 12.0 Å². The number of benzene rings is 1. The highest BCUT2D eigenvalue weighted by atomic mass is 32.2. The van der Waals surface area contributed by atoms with E-state index in [-0.39, 0.29) is 0 Å². The van der Waals surface area contributed by atoms with Crippen molar-refractivity contribution in [2.45, 2.75) is 4.90 Å². The topological polar surface area (TPSA) is 43.0 Å². The highest BCUT2D eigenvalue weighted by molar-refractivity contribution is 7.93. The Morgan fingerprint density at radius 1 is 1.57 bits per heavy atom.